The van der Waals surface area contributed by atoms with Crippen molar-refractivity contribution in [3.05, 3.63) is 21.8 Å². The van der Waals surface area contributed by atoms with Crippen LogP contribution in [0.25, 0.3) is 0 Å². The van der Waals surface area contributed by atoms with Gasteiger partial charge in [-0.25, -0.2) is 4.98 Å². The van der Waals surface area contributed by atoms with E-state index < -0.39 is 0 Å². The van der Waals surface area contributed by atoms with Crippen molar-refractivity contribution >= 4 is 34.9 Å². The third-order valence-electron chi connectivity index (χ3n) is 2.70. The second-order valence-corrected chi connectivity index (χ2v) is 4.75. The highest BCUT2D eigenvalue weighted by molar-refractivity contribution is 6.36. The number of terminal acetylenes is 1. The van der Waals surface area contributed by atoms with Crippen molar-refractivity contribution < 1.29 is 4.79 Å². The van der Waals surface area contributed by atoms with Crippen LogP contribution >= 0.6 is 23.2 Å². The summed E-state index contributed by atoms with van der Waals surface area (Å²) in [5, 5.41) is 0.852. The third kappa shape index (κ3) is 2.24. The maximum Gasteiger partial charge on any atom is 0.229 e. The van der Waals surface area contributed by atoms with Gasteiger partial charge in [0.1, 0.15) is 0 Å². The zero-order valence-corrected chi connectivity index (χ0v) is 10.7. The molecule has 5 heteroatoms. The van der Waals surface area contributed by atoms with Crippen LogP contribution in [0.4, 0.5) is 5.82 Å². The average Bonchev–Trinajstić information content (AvgIpc) is 2.65. The Balaban J connectivity index is 2.39. The number of hydrogen-bond acceptors (Lipinski definition) is 2. The number of halogens is 2. The number of carbonyl (C=O) groups excluding carboxylic acids is 1. The molecule has 88 valence electrons. The minimum absolute atomic E-state index is 0.0518. The summed E-state index contributed by atoms with van der Waals surface area (Å²) < 4.78 is 0. The summed E-state index contributed by atoms with van der Waals surface area (Å²) in [6.45, 7) is 2.23. The second kappa shape index (κ2) is 4.56. The number of aryl methyl sites for hydroxylation is 1. The van der Waals surface area contributed by atoms with Gasteiger partial charge >= 0.3 is 0 Å². The van der Waals surface area contributed by atoms with E-state index in [0.29, 0.717) is 34.5 Å². The Kier molecular flexibility index (Phi) is 3.28. The third-order valence-corrected chi connectivity index (χ3v) is 3.36. The van der Waals surface area contributed by atoms with Gasteiger partial charge in [-0.15, -0.1) is 12.3 Å². The fraction of sp³-hybridized carbons (Fsp3) is 0.333. The molecule has 1 aromatic heterocycles. The van der Waals surface area contributed by atoms with Gasteiger partial charge in [0.25, 0.3) is 0 Å². The molecule has 1 atom stereocenters. The van der Waals surface area contributed by atoms with Crippen LogP contribution in [0.3, 0.4) is 0 Å². The number of rotatable bonds is 1. The van der Waals surface area contributed by atoms with E-state index in [1.165, 1.54) is 4.90 Å². The van der Waals surface area contributed by atoms with Crippen LogP contribution in [0.2, 0.25) is 10.0 Å². The lowest BCUT2D eigenvalue weighted by molar-refractivity contribution is -0.117. The highest BCUT2D eigenvalue weighted by Crippen LogP contribution is 2.32. The number of anilines is 1. The first-order valence-electron chi connectivity index (χ1n) is 5.12. The minimum atomic E-state index is -0.0728. The molecule has 0 spiro atoms. The van der Waals surface area contributed by atoms with E-state index in [1.807, 2.05) is 0 Å². The van der Waals surface area contributed by atoms with Crippen LogP contribution in [0.1, 0.15) is 12.1 Å². The molecule has 1 saturated heterocycles. The Hall–Kier alpha value is -1.24. The van der Waals surface area contributed by atoms with Crippen molar-refractivity contribution in [3.8, 4) is 12.3 Å². The minimum Gasteiger partial charge on any atom is -0.294 e. The van der Waals surface area contributed by atoms with E-state index in [0.717, 1.165) is 0 Å². The zero-order valence-electron chi connectivity index (χ0n) is 9.20. The summed E-state index contributed by atoms with van der Waals surface area (Å²) in [5.41, 5.74) is 0.642. The first-order chi connectivity index (χ1) is 8.02. The van der Waals surface area contributed by atoms with Crippen molar-refractivity contribution in [3.63, 3.8) is 0 Å². The van der Waals surface area contributed by atoms with Crippen LogP contribution < -0.4 is 4.90 Å². The molecule has 0 aromatic carbocycles. The van der Waals surface area contributed by atoms with Gasteiger partial charge in [-0.2, -0.15) is 0 Å². The van der Waals surface area contributed by atoms with Crippen LogP contribution in [-0.4, -0.2) is 17.4 Å². The fourth-order valence-corrected chi connectivity index (χ4v) is 2.22. The van der Waals surface area contributed by atoms with Gasteiger partial charge in [0.2, 0.25) is 5.91 Å². The quantitative estimate of drug-likeness (QED) is 0.734. The van der Waals surface area contributed by atoms with Crippen molar-refractivity contribution in [1.29, 1.82) is 0 Å². The highest BCUT2D eigenvalue weighted by Gasteiger charge is 2.31. The van der Waals surface area contributed by atoms with Gasteiger partial charge in [-0.05, 0) is 13.0 Å². The highest BCUT2D eigenvalue weighted by atomic mass is 35.5. The van der Waals surface area contributed by atoms with E-state index in [4.69, 9.17) is 29.6 Å². The molecule has 3 nitrogen and oxygen atoms in total. The van der Waals surface area contributed by atoms with Crippen LogP contribution in [0.15, 0.2) is 6.07 Å². The van der Waals surface area contributed by atoms with E-state index in [2.05, 4.69) is 10.9 Å². The van der Waals surface area contributed by atoms with E-state index >= 15 is 0 Å². The van der Waals surface area contributed by atoms with Crippen LogP contribution in [0, 0.1) is 25.2 Å². The maximum absolute atomic E-state index is 11.8. The Labute approximate surface area is 110 Å². The number of amides is 1. The van der Waals surface area contributed by atoms with Gasteiger partial charge < -0.3 is 0 Å². The molecule has 1 aromatic rings. The number of pyridine rings is 1. The molecule has 0 saturated carbocycles. The molecule has 1 unspecified atom stereocenters. The van der Waals surface area contributed by atoms with Gasteiger partial charge in [-0.3, -0.25) is 9.69 Å². The van der Waals surface area contributed by atoms with E-state index in [-0.39, 0.29) is 11.8 Å². The Morgan fingerprint density at radius 3 is 2.82 bits per heavy atom. The number of carbonyl (C=O) groups is 1. The Morgan fingerprint density at radius 1 is 1.53 bits per heavy atom. The summed E-state index contributed by atoms with van der Waals surface area (Å²) >= 11 is 11.9. The standard InChI is InChI=1S/C12H10Cl2N2O/c1-3-8-4-11(17)16(6-8)12-10(14)5-9(13)7(2)15-12/h1,5,8H,4,6H2,2H3. The topological polar surface area (TPSA) is 33.2 Å². The van der Waals surface area contributed by atoms with Gasteiger partial charge in [0.15, 0.2) is 5.82 Å². The Morgan fingerprint density at radius 2 is 2.24 bits per heavy atom. The average molecular weight is 269 g/mol. The molecule has 0 radical (unpaired) electrons. The summed E-state index contributed by atoms with van der Waals surface area (Å²) in [4.78, 5) is 17.6. The second-order valence-electron chi connectivity index (χ2n) is 3.93. The molecule has 2 heterocycles. The predicted octanol–water partition coefficient (Wildman–Crippen LogP) is 2.68. The lowest BCUT2D eigenvalue weighted by atomic mass is 10.1. The monoisotopic (exact) mass is 268 g/mol. The molecule has 0 bridgehead atoms. The van der Waals surface area contributed by atoms with Gasteiger partial charge in [0.05, 0.1) is 15.7 Å². The lowest BCUT2D eigenvalue weighted by Gasteiger charge is -2.17. The molecular formula is C12H10Cl2N2O. The predicted molar refractivity (Wildman–Crippen MR) is 68.3 cm³/mol. The summed E-state index contributed by atoms with van der Waals surface area (Å²) in [5.74, 6) is 2.90. The molecule has 1 amide bonds. The zero-order chi connectivity index (χ0) is 12.6. The first kappa shape index (κ1) is 12.2. The molecule has 2 rings (SSSR count). The van der Waals surface area contributed by atoms with Crippen LogP contribution in [-0.2, 0) is 4.79 Å². The summed E-state index contributed by atoms with van der Waals surface area (Å²) in [7, 11) is 0. The molecule has 0 N–H and O–H groups in total. The molecule has 1 aliphatic heterocycles. The van der Waals surface area contributed by atoms with Crippen molar-refractivity contribution in [2.45, 2.75) is 13.3 Å². The SMILES string of the molecule is C#CC1CC(=O)N(c2nc(C)c(Cl)cc2Cl)C1. The summed E-state index contributed by atoms with van der Waals surface area (Å²) in [6, 6.07) is 1.59. The first-order valence-corrected chi connectivity index (χ1v) is 5.87. The summed E-state index contributed by atoms with van der Waals surface area (Å²) in [6.07, 6.45) is 5.67. The number of hydrogen-bond donors (Lipinski definition) is 0. The number of aromatic nitrogens is 1. The van der Waals surface area contributed by atoms with Gasteiger partial charge in [-0.1, -0.05) is 23.2 Å². The molecule has 1 aliphatic rings. The Bertz CT molecular complexity index is 522. The van der Waals surface area contributed by atoms with E-state index in [9.17, 15) is 4.79 Å². The van der Waals surface area contributed by atoms with Gasteiger partial charge in [0, 0.05) is 18.9 Å². The van der Waals surface area contributed by atoms with Crippen LogP contribution in [0.5, 0.6) is 0 Å². The maximum atomic E-state index is 11.8. The van der Waals surface area contributed by atoms with E-state index in [1.54, 1.807) is 13.0 Å². The van der Waals surface area contributed by atoms with Crippen molar-refractivity contribution in [1.82, 2.24) is 4.98 Å². The molecule has 1 fully saturated rings. The smallest absolute Gasteiger partial charge is 0.229 e. The van der Waals surface area contributed by atoms with Crippen molar-refractivity contribution in [2.75, 3.05) is 11.4 Å². The lowest BCUT2D eigenvalue weighted by Crippen LogP contribution is -2.26. The molecular weight excluding hydrogens is 259 g/mol. The largest absolute Gasteiger partial charge is 0.294 e. The molecule has 0 aliphatic carbocycles. The number of nitrogens with zero attached hydrogens (tertiary/aromatic N) is 2. The normalized spacial score (nSPS) is 19.5. The van der Waals surface area contributed by atoms with Crippen molar-refractivity contribution in [2.24, 2.45) is 5.92 Å². The fourth-order valence-electron chi connectivity index (χ4n) is 1.76. The molecule has 17 heavy (non-hydrogen) atoms.